The number of nitrogens with two attached hydrogens (primary N) is 1. The van der Waals surface area contributed by atoms with Gasteiger partial charge in [0.05, 0.1) is 24.4 Å². The highest BCUT2D eigenvalue weighted by Crippen LogP contribution is 2.21. The summed E-state index contributed by atoms with van der Waals surface area (Å²) in [4.78, 5) is 13.9. The lowest BCUT2D eigenvalue weighted by Gasteiger charge is -2.43. The van der Waals surface area contributed by atoms with Gasteiger partial charge in [0, 0.05) is 13.1 Å². The number of aliphatic hydroxyl groups is 1. The van der Waals surface area contributed by atoms with Crippen molar-refractivity contribution in [2.45, 2.75) is 38.0 Å². The van der Waals surface area contributed by atoms with Gasteiger partial charge in [-0.25, -0.2) is 0 Å². The van der Waals surface area contributed by atoms with Crippen LogP contribution in [0.1, 0.15) is 20.3 Å². The van der Waals surface area contributed by atoms with Crippen molar-refractivity contribution in [1.29, 1.82) is 0 Å². The van der Waals surface area contributed by atoms with E-state index >= 15 is 0 Å². The smallest absolute Gasteiger partial charge is 0.239 e. The van der Waals surface area contributed by atoms with Crippen LogP contribution in [0.2, 0.25) is 0 Å². The largest absolute Gasteiger partial charge is 0.394 e. The van der Waals surface area contributed by atoms with Gasteiger partial charge in [-0.05, 0) is 32.3 Å². The number of rotatable bonds is 5. The molecule has 1 amide bonds. The third kappa shape index (κ3) is 4.42. The summed E-state index contributed by atoms with van der Waals surface area (Å²) < 4.78 is 5.68. The summed E-state index contributed by atoms with van der Waals surface area (Å²) in [5.41, 5.74) is 5.47. The first-order valence-electron chi connectivity index (χ1n) is 6.21. The second-order valence-corrected chi connectivity index (χ2v) is 6.27. The lowest BCUT2D eigenvalue weighted by molar-refractivity contribution is -0.167. The molecule has 1 unspecified atom stereocenters. The zero-order chi connectivity index (χ0) is 13.8. The first-order valence-corrected chi connectivity index (χ1v) is 7.61. The highest BCUT2D eigenvalue weighted by Gasteiger charge is 2.36. The van der Waals surface area contributed by atoms with E-state index in [4.69, 9.17) is 10.5 Å². The van der Waals surface area contributed by atoms with Gasteiger partial charge >= 0.3 is 0 Å². The minimum atomic E-state index is -0.453. The summed E-state index contributed by atoms with van der Waals surface area (Å²) in [5, 5.41) is 9.21. The number of hydrogen-bond donors (Lipinski definition) is 2. The van der Waals surface area contributed by atoms with E-state index < -0.39 is 11.6 Å². The van der Waals surface area contributed by atoms with Gasteiger partial charge in [0.2, 0.25) is 5.91 Å². The molecular formula is C12H24N2O3S. The topological polar surface area (TPSA) is 75.8 Å². The molecule has 1 rings (SSSR count). The van der Waals surface area contributed by atoms with Crippen LogP contribution in [0, 0.1) is 0 Å². The van der Waals surface area contributed by atoms with E-state index in [-0.39, 0.29) is 18.6 Å². The third-order valence-electron chi connectivity index (χ3n) is 2.95. The predicted octanol–water partition coefficient (Wildman–Crippen LogP) is 0.0651. The molecule has 0 saturated carbocycles. The summed E-state index contributed by atoms with van der Waals surface area (Å²) in [7, 11) is 0. The van der Waals surface area contributed by atoms with Crippen molar-refractivity contribution >= 4 is 17.7 Å². The van der Waals surface area contributed by atoms with E-state index in [0.717, 1.165) is 5.75 Å². The summed E-state index contributed by atoms with van der Waals surface area (Å²) in [6.07, 6.45) is 2.36. The van der Waals surface area contributed by atoms with Crippen LogP contribution >= 0.6 is 11.8 Å². The predicted molar refractivity (Wildman–Crippen MR) is 73.6 cm³/mol. The number of aliphatic hydroxyl groups excluding tert-OH is 1. The Hall–Kier alpha value is -0.300. The third-order valence-corrected chi connectivity index (χ3v) is 3.59. The molecule has 0 spiro atoms. The number of hydrogen-bond acceptors (Lipinski definition) is 5. The number of morpholine rings is 1. The summed E-state index contributed by atoms with van der Waals surface area (Å²) in [5.74, 6) is 0.836. The van der Waals surface area contributed by atoms with Crippen LogP contribution < -0.4 is 5.73 Å². The summed E-state index contributed by atoms with van der Waals surface area (Å²) >= 11 is 1.68. The molecule has 3 N–H and O–H groups in total. The molecule has 0 aromatic carbocycles. The molecule has 5 nitrogen and oxygen atoms in total. The molecule has 1 fully saturated rings. The van der Waals surface area contributed by atoms with Crippen LogP contribution in [0.25, 0.3) is 0 Å². The Labute approximate surface area is 113 Å². The first kappa shape index (κ1) is 15.8. The van der Waals surface area contributed by atoms with E-state index in [1.54, 1.807) is 16.7 Å². The van der Waals surface area contributed by atoms with E-state index in [9.17, 15) is 9.90 Å². The Morgan fingerprint density at radius 1 is 1.67 bits per heavy atom. The minimum absolute atomic E-state index is 0.0427. The molecule has 1 heterocycles. The lowest BCUT2D eigenvalue weighted by Crippen LogP contribution is -2.58. The Bertz CT molecular complexity index is 286. The SMILES string of the molecule is CSCC[C@@H](N)C(=O)N1CC(CO)OC(C)(C)C1. The molecule has 1 aliphatic rings. The van der Waals surface area contributed by atoms with Gasteiger partial charge in [0.1, 0.15) is 0 Å². The number of nitrogens with zero attached hydrogens (tertiary/aromatic N) is 1. The molecule has 0 aliphatic carbocycles. The molecule has 0 aromatic heterocycles. The lowest BCUT2D eigenvalue weighted by atomic mass is 10.0. The summed E-state index contributed by atoms with van der Waals surface area (Å²) in [6.45, 7) is 4.71. The Kier molecular flexibility index (Phi) is 5.91. The molecule has 0 aromatic rings. The fourth-order valence-corrected chi connectivity index (χ4v) is 2.65. The normalized spacial score (nSPS) is 24.9. The quantitative estimate of drug-likeness (QED) is 0.743. The zero-order valence-electron chi connectivity index (χ0n) is 11.4. The van der Waals surface area contributed by atoms with Crippen LogP contribution in [-0.4, -0.2) is 65.4 Å². The van der Waals surface area contributed by atoms with Crippen molar-refractivity contribution in [2.75, 3.05) is 31.7 Å². The first-order chi connectivity index (χ1) is 8.39. The maximum absolute atomic E-state index is 12.2. The van der Waals surface area contributed by atoms with Gasteiger partial charge in [-0.2, -0.15) is 11.8 Å². The van der Waals surface area contributed by atoms with Crippen molar-refractivity contribution in [3.8, 4) is 0 Å². The maximum Gasteiger partial charge on any atom is 0.239 e. The molecule has 1 aliphatic heterocycles. The van der Waals surface area contributed by atoms with Crippen LogP contribution in [0.15, 0.2) is 0 Å². The average Bonchev–Trinajstić information content (AvgIpc) is 2.32. The van der Waals surface area contributed by atoms with Crippen molar-refractivity contribution in [3.63, 3.8) is 0 Å². The van der Waals surface area contributed by atoms with E-state index in [1.165, 1.54) is 0 Å². The number of ether oxygens (including phenoxy) is 1. The average molecular weight is 276 g/mol. The number of carbonyl (C=O) groups is 1. The second kappa shape index (κ2) is 6.75. The van der Waals surface area contributed by atoms with Gasteiger partial charge in [0.25, 0.3) is 0 Å². The van der Waals surface area contributed by atoms with E-state index in [2.05, 4.69) is 0 Å². The standard InChI is InChI=1S/C12H24N2O3S/c1-12(2)8-14(6-9(7-15)17-12)11(16)10(13)4-5-18-3/h9-10,15H,4-8,13H2,1-3H3/t9?,10-/m1/s1. The van der Waals surface area contributed by atoms with Crippen LogP contribution in [0.4, 0.5) is 0 Å². The maximum atomic E-state index is 12.2. The number of carbonyl (C=O) groups excluding carboxylic acids is 1. The van der Waals surface area contributed by atoms with Gasteiger partial charge in [-0.1, -0.05) is 0 Å². The number of amides is 1. The van der Waals surface area contributed by atoms with Crippen molar-refractivity contribution in [3.05, 3.63) is 0 Å². The highest BCUT2D eigenvalue weighted by atomic mass is 32.2. The van der Waals surface area contributed by atoms with Crippen molar-refractivity contribution in [1.82, 2.24) is 4.90 Å². The summed E-state index contributed by atoms with van der Waals surface area (Å²) in [6, 6.07) is -0.453. The molecule has 0 radical (unpaired) electrons. The Balaban J connectivity index is 2.61. The second-order valence-electron chi connectivity index (χ2n) is 5.29. The molecule has 2 atom stereocenters. The molecular weight excluding hydrogens is 252 g/mol. The minimum Gasteiger partial charge on any atom is -0.394 e. The fourth-order valence-electron chi connectivity index (χ4n) is 2.16. The Morgan fingerprint density at radius 3 is 2.89 bits per heavy atom. The van der Waals surface area contributed by atoms with E-state index in [0.29, 0.717) is 19.5 Å². The molecule has 6 heteroatoms. The fraction of sp³-hybridized carbons (Fsp3) is 0.917. The molecule has 18 heavy (non-hydrogen) atoms. The molecule has 1 saturated heterocycles. The van der Waals surface area contributed by atoms with Crippen molar-refractivity contribution in [2.24, 2.45) is 5.73 Å². The van der Waals surface area contributed by atoms with Crippen LogP contribution in [-0.2, 0) is 9.53 Å². The Morgan fingerprint density at radius 2 is 2.33 bits per heavy atom. The van der Waals surface area contributed by atoms with E-state index in [1.807, 2.05) is 20.1 Å². The highest BCUT2D eigenvalue weighted by molar-refractivity contribution is 7.98. The monoisotopic (exact) mass is 276 g/mol. The molecule has 106 valence electrons. The van der Waals surface area contributed by atoms with Crippen molar-refractivity contribution < 1.29 is 14.6 Å². The van der Waals surface area contributed by atoms with Crippen LogP contribution in [0.3, 0.4) is 0 Å². The van der Waals surface area contributed by atoms with Gasteiger partial charge in [-0.15, -0.1) is 0 Å². The van der Waals surface area contributed by atoms with Crippen LogP contribution in [0.5, 0.6) is 0 Å². The van der Waals surface area contributed by atoms with Gasteiger partial charge < -0.3 is 20.5 Å². The van der Waals surface area contributed by atoms with Gasteiger partial charge in [0.15, 0.2) is 0 Å². The number of thioether (sulfide) groups is 1. The van der Waals surface area contributed by atoms with Gasteiger partial charge in [-0.3, -0.25) is 4.79 Å². The molecule has 0 bridgehead atoms. The zero-order valence-corrected chi connectivity index (χ0v) is 12.2.